The van der Waals surface area contributed by atoms with Crippen molar-refractivity contribution in [3.8, 4) is 5.75 Å². The number of fused-ring (bicyclic) bond motifs is 1. The second-order valence-corrected chi connectivity index (χ2v) is 7.34. The predicted molar refractivity (Wildman–Crippen MR) is 90.6 cm³/mol. The molecule has 0 aliphatic heterocycles. The molecular formula is C17H13BrO3S. The van der Waals surface area contributed by atoms with Gasteiger partial charge < -0.3 is 4.18 Å². The minimum Gasteiger partial charge on any atom is -0.378 e. The Morgan fingerprint density at radius 2 is 1.50 bits per heavy atom. The maximum absolute atomic E-state index is 12.4. The molecule has 0 saturated carbocycles. The van der Waals surface area contributed by atoms with Crippen molar-refractivity contribution in [2.45, 2.75) is 11.8 Å². The molecule has 3 rings (SSSR count). The summed E-state index contributed by atoms with van der Waals surface area (Å²) in [7, 11) is -3.85. The minimum absolute atomic E-state index is 0.144. The molecule has 112 valence electrons. The summed E-state index contributed by atoms with van der Waals surface area (Å²) in [6.45, 7) is 1.90. The fourth-order valence-corrected chi connectivity index (χ4v) is 3.60. The monoisotopic (exact) mass is 376 g/mol. The largest absolute Gasteiger partial charge is 0.378 e. The lowest BCUT2D eigenvalue weighted by Crippen LogP contribution is -2.10. The molecule has 3 aromatic carbocycles. The van der Waals surface area contributed by atoms with Gasteiger partial charge in [-0.1, -0.05) is 57.9 Å². The zero-order valence-corrected chi connectivity index (χ0v) is 14.2. The fraction of sp³-hybridized carbons (Fsp3) is 0.0588. The normalized spacial score (nSPS) is 11.5. The van der Waals surface area contributed by atoms with E-state index in [-0.39, 0.29) is 4.90 Å². The first kappa shape index (κ1) is 15.1. The van der Waals surface area contributed by atoms with Crippen molar-refractivity contribution < 1.29 is 12.6 Å². The van der Waals surface area contributed by atoms with Gasteiger partial charge in [-0.25, -0.2) is 0 Å². The molecule has 0 aromatic heterocycles. The molecule has 0 radical (unpaired) electrons. The average Bonchev–Trinajstić information content (AvgIpc) is 2.51. The summed E-state index contributed by atoms with van der Waals surface area (Å²) in [5, 5.41) is 1.65. The van der Waals surface area contributed by atoms with E-state index in [9.17, 15) is 8.42 Å². The van der Waals surface area contributed by atoms with Gasteiger partial charge in [-0.2, -0.15) is 8.42 Å². The molecule has 0 aliphatic rings. The molecule has 0 amide bonds. The van der Waals surface area contributed by atoms with Crippen molar-refractivity contribution in [3.63, 3.8) is 0 Å². The van der Waals surface area contributed by atoms with Gasteiger partial charge in [0.05, 0.1) is 0 Å². The van der Waals surface area contributed by atoms with Gasteiger partial charge in [0.15, 0.2) is 5.75 Å². The van der Waals surface area contributed by atoms with E-state index in [4.69, 9.17) is 4.18 Å². The standard InChI is InChI=1S/C17H13BrO3S/c1-12-6-8-13(9-7-12)22(19,20)21-17-11-10-16(18)14-4-2-3-5-15(14)17/h2-11H,1H3. The van der Waals surface area contributed by atoms with Gasteiger partial charge in [0, 0.05) is 9.86 Å². The number of hydrogen-bond acceptors (Lipinski definition) is 3. The van der Waals surface area contributed by atoms with Crippen LogP contribution in [0.2, 0.25) is 0 Å². The second kappa shape index (κ2) is 5.74. The third-order valence-electron chi connectivity index (χ3n) is 3.34. The molecule has 3 nitrogen and oxygen atoms in total. The molecule has 0 bridgehead atoms. The summed E-state index contributed by atoms with van der Waals surface area (Å²) in [6, 6.07) is 17.5. The number of hydrogen-bond donors (Lipinski definition) is 0. The highest BCUT2D eigenvalue weighted by molar-refractivity contribution is 9.10. The lowest BCUT2D eigenvalue weighted by molar-refractivity contribution is 0.488. The lowest BCUT2D eigenvalue weighted by atomic mass is 10.1. The van der Waals surface area contributed by atoms with Gasteiger partial charge in [0.25, 0.3) is 0 Å². The molecule has 3 aromatic rings. The Morgan fingerprint density at radius 3 is 2.18 bits per heavy atom. The first-order chi connectivity index (χ1) is 10.5. The Kier molecular flexibility index (Phi) is 3.93. The van der Waals surface area contributed by atoms with Crippen LogP contribution in [0.15, 0.2) is 70.0 Å². The topological polar surface area (TPSA) is 43.4 Å². The van der Waals surface area contributed by atoms with Crippen LogP contribution in [0.1, 0.15) is 5.56 Å². The molecule has 0 saturated heterocycles. The molecule has 0 spiro atoms. The Labute approximate surface area is 137 Å². The number of benzene rings is 3. The van der Waals surface area contributed by atoms with Crippen molar-refractivity contribution in [3.05, 3.63) is 70.7 Å². The van der Waals surface area contributed by atoms with E-state index in [1.807, 2.05) is 31.2 Å². The van der Waals surface area contributed by atoms with E-state index >= 15 is 0 Å². The minimum atomic E-state index is -3.85. The zero-order chi connectivity index (χ0) is 15.7. The van der Waals surface area contributed by atoms with Crippen molar-refractivity contribution in [2.24, 2.45) is 0 Å². The molecule has 0 fully saturated rings. The van der Waals surface area contributed by atoms with Crippen LogP contribution >= 0.6 is 15.9 Å². The Bertz CT molecular complexity index is 932. The summed E-state index contributed by atoms with van der Waals surface area (Å²) in [4.78, 5) is 0.144. The summed E-state index contributed by atoms with van der Waals surface area (Å²) in [6.07, 6.45) is 0. The molecule has 0 unspecified atom stereocenters. The molecule has 22 heavy (non-hydrogen) atoms. The van der Waals surface area contributed by atoms with E-state index in [2.05, 4.69) is 15.9 Å². The van der Waals surface area contributed by atoms with Gasteiger partial charge in [-0.3, -0.25) is 0 Å². The highest BCUT2D eigenvalue weighted by Crippen LogP contribution is 2.33. The lowest BCUT2D eigenvalue weighted by Gasteiger charge is -2.10. The molecular weight excluding hydrogens is 364 g/mol. The quantitative estimate of drug-likeness (QED) is 0.623. The van der Waals surface area contributed by atoms with Gasteiger partial charge in [-0.15, -0.1) is 0 Å². The number of aryl methyl sites for hydroxylation is 1. The van der Waals surface area contributed by atoms with Crippen LogP contribution in [-0.4, -0.2) is 8.42 Å². The summed E-state index contributed by atoms with van der Waals surface area (Å²) in [5.74, 6) is 0.319. The summed E-state index contributed by atoms with van der Waals surface area (Å²) < 4.78 is 31.1. The molecule has 0 N–H and O–H groups in total. The highest BCUT2D eigenvalue weighted by Gasteiger charge is 2.18. The van der Waals surface area contributed by atoms with Crippen LogP contribution in [0.4, 0.5) is 0 Å². The maximum Gasteiger partial charge on any atom is 0.339 e. The molecule has 0 heterocycles. The third kappa shape index (κ3) is 2.87. The number of halogens is 1. The van der Waals surface area contributed by atoms with E-state index in [1.165, 1.54) is 0 Å². The van der Waals surface area contributed by atoms with E-state index in [0.717, 1.165) is 20.8 Å². The Morgan fingerprint density at radius 1 is 0.864 bits per heavy atom. The highest BCUT2D eigenvalue weighted by atomic mass is 79.9. The van der Waals surface area contributed by atoms with Crippen LogP contribution in [0.3, 0.4) is 0 Å². The smallest absolute Gasteiger partial charge is 0.339 e. The van der Waals surface area contributed by atoms with Gasteiger partial charge in [-0.05, 0) is 36.6 Å². The number of rotatable bonds is 3. The summed E-state index contributed by atoms with van der Waals surface area (Å²) >= 11 is 3.46. The fourth-order valence-electron chi connectivity index (χ4n) is 2.18. The third-order valence-corrected chi connectivity index (χ3v) is 5.28. The second-order valence-electron chi connectivity index (χ2n) is 4.94. The van der Waals surface area contributed by atoms with Crippen LogP contribution in [0, 0.1) is 6.92 Å². The van der Waals surface area contributed by atoms with E-state index < -0.39 is 10.1 Å². The molecule has 0 aliphatic carbocycles. The van der Waals surface area contributed by atoms with Gasteiger partial charge >= 0.3 is 10.1 Å². The average molecular weight is 377 g/mol. The van der Waals surface area contributed by atoms with Crippen molar-refractivity contribution in [1.82, 2.24) is 0 Å². The molecule has 0 atom stereocenters. The van der Waals surface area contributed by atoms with E-state index in [1.54, 1.807) is 36.4 Å². The zero-order valence-electron chi connectivity index (χ0n) is 11.8. The SMILES string of the molecule is Cc1ccc(S(=O)(=O)Oc2ccc(Br)c3ccccc23)cc1. The van der Waals surface area contributed by atoms with Crippen LogP contribution < -0.4 is 4.18 Å². The first-order valence-corrected chi connectivity index (χ1v) is 8.86. The van der Waals surface area contributed by atoms with Crippen LogP contribution in [0.25, 0.3) is 10.8 Å². The molecule has 5 heteroatoms. The Balaban J connectivity index is 2.06. The first-order valence-electron chi connectivity index (χ1n) is 6.66. The van der Waals surface area contributed by atoms with Crippen LogP contribution in [-0.2, 0) is 10.1 Å². The van der Waals surface area contributed by atoms with Crippen LogP contribution in [0.5, 0.6) is 5.75 Å². The maximum atomic E-state index is 12.4. The van der Waals surface area contributed by atoms with Crippen molar-refractivity contribution in [2.75, 3.05) is 0 Å². The van der Waals surface area contributed by atoms with E-state index in [0.29, 0.717) is 5.75 Å². The Hall–Kier alpha value is -1.85. The van der Waals surface area contributed by atoms with Gasteiger partial charge in [0.1, 0.15) is 4.90 Å². The van der Waals surface area contributed by atoms with Crippen molar-refractivity contribution in [1.29, 1.82) is 0 Å². The summed E-state index contributed by atoms with van der Waals surface area (Å²) in [5.41, 5.74) is 0.994. The predicted octanol–water partition coefficient (Wildman–Crippen LogP) is 4.68. The van der Waals surface area contributed by atoms with Gasteiger partial charge in [0.2, 0.25) is 0 Å². The van der Waals surface area contributed by atoms with Crippen molar-refractivity contribution >= 4 is 36.8 Å².